The molecule has 26 heavy (non-hydrogen) atoms. The maximum absolute atomic E-state index is 5.94. The molecule has 3 aromatic carbocycles. The summed E-state index contributed by atoms with van der Waals surface area (Å²) in [5, 5.41) is 4.32. The highest BCUT2D eigenvalue weighted by molar-refractivity contribution is 5.83. The number of hydrogen-bond donors (Lipinski definition) is 1. The third-order valence-electron chi connectivity index (χ3n) is 3.91. The van der Waals surface area contributed by atoms with Crippen molar-refractivity contribution in [3.05, 3.63) is 95.6 Å². The summed E-state index contributed by atoms with van der Waals surface area (Å²) in [6, 6.07) is 25.8. The van der Waals surface area contributed by atoms with Crippen LogP contribution in [0.15, 0.2) is 84.0 Å². The second-order valence-corrected chi connectivity index (χ2v) is 5.72. The molecule has 132 valence electrons. The number of benzene rings is 3. The predicted octanol–water partition coefficient (Wildman–Crippen LogP) is 4.40. The lowest BCUT2D eigenvalue weighted by atomic mass is 10.2. The Labute approximate surface area is 154 Å². The van der Waals surface area contributed by atoms with Gasteiger partial charge in [-0.1, -0.05) is 60.7 Å². The van der Waals surface area contributed by atoms with E-state index >= 15 is 0 Å². The number of rotatable bonds is 8. The largest absolute Gasteiger partial charge is 0.496 e. The zero-order chi connectivity index (χ0) is 18.0. The average molecular weight is 346 g/mol. The van der Waals surface area contributed by atoms with E-state index in [1.807, 2.05) is 78.9 Å². The van der Waals surface area contributed by atoms with Crippen molar-refractivity contribution >= 4 is 6.21 Å². The van der Waals surface area contributed by atoms with Crippen molar-refractivity contribution < 1.29 is 9.47 Å². The molecule has 0 amide bonds. The molecule has 4 nitrogen and oxygen atoms in total. The maximum Gasteiger partial charge on any atom is 0.128 e. The van der Waals surface area contributed by atoms with Gasteiger partial charge < -0.3 is 14.9 Å². The van der Waals surface area contributed by atoms with Crippen molar-refractivity contribution in [1.29, 1.82) is 0 Å². The summed E-state index contributed by atoms with van der Waals surface area (Å²) in [7, 11) is 1.67. The number of para-hydroxylation sites is 2. The first-order valence-electron chi connectivity index (χ1n) is 8.50. The van der Waals surface area contributed by atoms with Crippen LogP contribution in [-0.2, 0) is 13.2 Å². The van der Waals surface area contributed by atoms with Crippen molar-refractivity contribution in [3.8, 4) is 11.5 Å². The average Bonchev–Trinajstić information content (AvgIpc) is 2.71. The molecule has 0 aromatic heterocycles. The molecule has 0 aliphatic heterocycles. The van der Waals surface area contributed by atoms with E-state index in [-0.39, 0.29) is 0 Å². The van der Waals surface area contributed by atoms with Gasteiger partial charge in [-0.2, -0.15) is 5.10 Å². The Kier molecular flexibility index (Phi) is 6.26. The van der Waals surface area contributed by atoms with Gasteiger partial charge in [-0.25, -0.2) is 0 Å². The second-order valence-electron chi connectivity index (χ2n) is 5.72. The highest BCUT2D eigenvalue weighted by atomic mass is 16.5. The summed E-state index contributed by atoms with van der Waals surface area (Å²) in [4.78, 5) is 0. The van der Waals surface area contributed by atoms with E-state index in [9.17, 15) is 0 Å². The number of nitrogens with one attached hydrogen (secondary N) is 1. The zero-order valence-corrected chi connectivity index (χ0v) is 14.8. The van der Waals surface area contributed by atoms with Gasteiger partial charge in [0.2, 0.25) is 0 Å². The number of nitrogens with zero attached hydrogens (tertiary/aromatic N) is 1. The Morgan fingerprint density at radius 2 is 1.54 bits per heavy atom. The molecule has 3 aromatic rings. The van der Waals surface area contributed by atoms with Gasteiger partial charge in [0.1, 0.15) is 18.1 Å². The summed E-state index contributed by atoms with van der Waals surface area (Å²) in [6.45, 7) is 1.12. The van der Waals surface area contributed by atoms with E-state index in [4.69, 9.17) is 9.47 Å². The molecular formula is C22H22N2O2. The summed E-state index contributed by atoms with van der Waals surface area (Å²) in [5.74, 6) is 1.65. The van der Waals surface area contributed by atoms with Crippen molar-refractivity contribution in [3.63, 3.8) is 0 Å². The minimum absolute atomic E-state index is 0.528. The lowest BCUT2D eigenvalue weighted by Gasteiger charge is -2.09. The molecule has 0 heterocycles. The molecular weight excluding hydrogens is 324 g/mol. The van der Waals surface area contributed by atoms with E-state index in [0.717, 1.165) is 28.2 Å². The van der Waals surface area contributed by atoms with Crippen molar-refractivity contribution in [2.45, 2.75) is 13.2 Å². The highest BCUT2D eigenvalue weighted by Crippen LogP contribution is 2.18. The van der Waals surface area contributed by atoms with Gasteiger partial charge in [0.25, 0.3) is 0 Å². The molecule has 0 saturated heterocycles. The van der Waals surface area contributed by atoms with Crippen LogP contribution >= 0.6 is 0 Å². The normalized spacial score (nSPS) is 10.7. The van der Waals surface area contributed by atoms with Gasteiger partial charge in [-0.15, -0.1) is 0 Å². The van der Waals surface area contributed by atoms with Crippen LogP contribution in [0.5, 0.6) is 11.5 Å². The van der Waals surface area contributed by atoms with Crippen LogP contribution in [0.3, 0.4) is 0 Å². The summed E-state index contributed by atoms with van der Waals surface area (Å²) < 4.78 is 11.3. The van der Waals surface area contributed by atoms with Crippen molar-refractivity contribution in [2.75, 3.05) is 7.11 Å². The highest BCUT2D eigenvalue weighted by Gasteiger charge is 2.02. The van der Waals surface area contributed by atoms with Crippen molar-refractivity contribution in [2.24, 2.45) is 5.10 Å². The van der Waals surface area contributed by atoms with E-state index < -0.39 is 0 Å². The number of methoxy groups -OCH3 is 1. The van der Waals surface area contributed by atoms with E-state index in [1.165, 1.54) is 0 Å². The van der Waals surface area contributed by atoms with E-state index in [2.05, 4.69) is 10.5 Å². The van der Waals surface area contributed by atoms with Gasteiger partial charge in [-0.05, 0) is 23.8 Å². The topological polar surface area (TPSA) is 42.8 Å². The molecule has 0 saturated carbocycles. The first-order valence-corrected chi connectivity index (χ1v) is 8.50. The number of ether oxygens (including phenoxy) is 2. The minimum Gasteiger partial charge on any atom is -0.496 e. The smallest absolute Gasteiger partial charge is 0.128 e. The fraction of sp³-hybridized carbons (Fsp3) is 0.136. The second kappa shape index (κ2) is 9.28. The van der Waals surface area contributed by atoms with Crippen LogP contribution < -0.4 is 14.9 Å². The summed E-state index contributed by atoms with van der Waals surface area (Å²) in [5.41, 5.74) is 6.18. The Balaban J connectivity index is 1.60. The molecule has 3 rings (SSSR count). The molecule has 0 fully saturated rings. The quantitative estimate of drug-likeness (QED) is 0.486. The number of hydrogen-bond acceptors (Lipinski definition) is 4. The molecule has 0 spiro atoms. The Hall–Kier alpha value is -3.27. The standard InChI is InChI=1S/C22H22N2O2/c1-25-21-13-7-5-11-19(21)15-23-24-16-20-12-6-8-14-22(20)26-17-18-9-3-2-4-10-18/h2-14,16,23H,15,17H2,1H3/b24-16-. The van der Waals surface area contributed by atoms with Gasteiger partial charge in [0, 0.05) is 11.1 Å². The molecule has 1 N–H and O–H groups in total. The summed E-state index contributed by atoms with van der Waals surface area (Å²) in [6.07, 6.45) is 1.77. The first kappa shape index (κ1) is 17.5. The fourth-order valence-corrected chi connectivity index (χ4v) is 2.55. The third-order valence-corrected chi connectivity index (χ3v) is 3.91. The molecule has 0 aliphatic carbocycles. The van der Waals surface area contributed by atoms with E-state index in [0.29, 0.717) is 13.2 Å². The summed E-state index contributed by atoms with van der Waals surface area (Å²) >= 11 is 0. The molecule has 4 heteroatoms. The minimum atomic E-state index is 0.528. The monoisotopic (exact) mass is 346 g/mol. The third kappa shape index (κ3) is 4.86. The van der Waals surface area contributed by atoms with Crippen molar-refractivity contribution in [1.82, 2.24) is 5.43 Å². The molecule has 0 atom stereocenters. The van der Waals surface area contributed by atoms with E-state index in [1.54, 1.807) is 13.3 Å². The Morgan fingerprint density at radius 3 is 2.35 bits per heavy atom. The van der Waals surface area contributed by atoms with Gasteiger partial charge in [-0.3, -0.25) is 0 Å². The van der Waals surface area contributed by atoms with Gasteiger partial charge >= 0.3 is 0 Å². The van der Waals surface area contributed by atoms with Crippen LogP contribution in [0.25, 0.3) is 0 Å². The Bertz CT molecular complexity index is 848. The van der Waals surface area contributed by atoms with Gasteiger partial charge in [0.05, 0.1) is 19.9 Å². The zero-order valence-electron chi connectivity index (χ0n) is 14.8. The van der Waals surface area contributed by atoms with Gasteiger partial charge in [0.15, 0.2) is 0 Å². The van der Waals surface area contributed by atoms with Crippen LogP contribution in [0, 0.1) is 0 Å². The molecule has 0 aliphatic rings. The Morgan fingerprint density at radius 1 is 0.846 bits per heavy atom. The SMILES string of the molecule is COc1ccccc1CN/N=C\c1ccccc1OCc1ccccc1. The van der Waals surface area contributed by atoms with Crippen LogP contribution in [-0.4, -0.2) is 13.3 Å². The molecule has 0 unspecified atom stereocenters. The maximum atomic E-state index is 5.94. The lowest BCUT2D eigenvalue weighted by molar-refractivity contribution is 0.306. The van der Waals surface area contributed by atoms with Crippen LogP contribution in [0.2, 0.25) is 0 Å². The van der Waals surface area contributed by atoms with Crippen LogP contribution in [0.4, 0.5) is 0 Å². The molecule has 0 bridgehead atoms. The molecule has 0 radical (unpaired) electrons. The number of hydrazone groups is 1. The first-order chi connectivity index (χ1) is 12.9. The lowest BCUT2D eigenvalue weighted by Crippen LogP contribution is -2.07. The van der Waals surface area contributed by atoms with Crippen LogP contribution in [0.1, 0.15) is 16.7 Å². The predicted molar refractivity (Wildman–Crippen MR) is 105 cm³/mol. The fourth-order valence-electron chi connectivity index (χ4n) is 2.55.